The van der Waals surface area contributed by atoms with Gasteiger partial charge in [0.25, 0.3) is 5.91 Å². The van der Waals surface area contributed by atoms with E-state index in [4.69, 9.17) is 0 Å². The largest absolute Gasteiger partial charge is 0.480 e. The zero-order valence-electron chi connectivity index (χ0n) is 14.4. The number of carbonyl (C=O) groups is 3. The van der Waals surface area contributed by atoms with E-state index >= 15 is 0 Å². The summed E-state index contributed by atoms with van der Waals surface area (Å²) in [6, 6.07) is 8.75. The van der Waals surface area contributed by atoms with E-state index in [2.05, 4.69) is 4.98 Å². The lowest BCUT2D eigenvalue weighted by Crippen LogP contribution is -2.53. The summed E-state index contributed by atoms with van der Waals surface area (Å²) in [5, 5.41) is 20.3. The standard InChI is InChI=1S/C20H15FN2O5/c21-11-7-5-10(6-8-11)18(24)23-15(19(25)26)9-13-12-3-1-2-4-14(12)22-16(13)17(23)20(27)28/h1-8,15,17,22H,9H2,(H,25,26)(H,27,28). The highest BCUT2D eigenvalue weighted by atomic mass is 19.1. The topological polar surface area (TPSA) is 111 Å². The second-order valence-corrected chi connectivity index (χ2v) is 6.58. The minimum Gasteiger partial charge on any atom is -0.480 e. The Bertz CT molecular complexity index is 1110. The first-order valence-electron chi connectivity index (χ1n) is 8.52. The molecule has 1 amide bonds. The normalized spacial score (nSPS) is 18.7. The van der Waals surface area contributed by atoms with Crippen LogP contribution in [0.5, 0.6) is 0 Å². The average molecular weight is 382 g/mol. The van der Waals surface area contributed by atoms with Crippen LogP contribution in [0.1, 0.15) is 27.7 Å². The van der Waals surface area contributed by atoms with Crippen molar-refractivity contribution in [3.8, 4) is 0 Å². The number of amides is 1. The summed E-state index contributed by atoms with van der Waals surface area (Å²) in [6.07, 6.45) is -0.0363. The summed E-state index contributed by atoms with van der Waals surface area (Å²) < 4.78 is 13.2. The van der Waals surface area contributed by atoms with Crippen LogP contribution in [0.25, 0.3) is 10.9 Å². The Morgan fingerprint density at radius 1 is 1.00 bits per heavy atom. The van der Waals surface area contributed by atoms with Crippen molar-refractivity contribution in [2.75, 3.05) is 0 Å². The highest BCUT2D eigenvalue weighted by molar-refractivity contribution is 6.01. The van der Waals surface area contributed by atoms with Crippen LogP contribution in [0, 0.1) is 5.82 Å². The summed E-state index contributed by atoms with van der Waals surface area (Å²) in [4.78, 5) is 40.9. The van der Waals surface area contributed by atoms with E-state index in [-0.39, 0.29) is 17.7 Å². The molecule has 2 unspecified atom stereocenters. The van der Waals surface area contributed by atoms with E-state index in [0.29, 0.717) is 11.1 Å². The van der Waals surface area contributed by atoms with Crippen molar-refractivity contribution < 1.29 is 29.0 Å². The lowest BCUT2D eigenvalue weighted by molar-refractivity contribution is -0.149. The van der Waals surface area contributed by atoms with Gasteiger partial charge in [-0.15, -0.1) is 0 Å². The van der Waals surface area contributed by atoms with Crippen molar-refractivity contribution in [3.05, 3.63) is 71.2 Å². The summed E-state index contributed by atoms with van der Waals surface area (Å²) >= 11 is 0. The van der Waals surface area contributed by atoms with Crippen molar-refractivity contribution in [1.82, 2.24) is 9.88 Å². The third-order valence-corrected chi connectivity index (χ3v) is 4.98. The fourth-order valence-corrected chi connectivity index (χ4v) is 3.73. The molecule has 8 heteroatoms. The second-order valence-electron chi connectivity index (χ2n) is 6.58. The molecule has 28 heavy (non-hydrogen) atoms. The van der Waals surface area contributed by atoms with Gasteiger partial charge in [0.1, 0.15) is 11.9 Å². The maximum Gasteiger partial charge on any atom is 0.332 e. The number of aromatic nitrogens is 1. The predicted molar refractivity (Wildman–Crippen MR) is 96.4 cm³/mol. The summed E-state index contributed by atoms with van der Waals surface area (Å²) in [6.45, 7) is 0. The number of nitrogens with zero attached hydrogens (tertiary/aromatic N) is 1. The van der Waals surface area contributed by atoms with Crippen molar-refractivity contribution in [2.45, 2.75) is 18.5 Å². The molecule has 3 N–H and O–H groups in total. The van der Waals surface area contributed by atoms with Gasteiger partial charge in [-0.3, -0.25) is 4.79 Å². The average Bonchev–Trinajstić information content (AvgIpc) is 3.04. The molecule has 1 aliphatic rings. The van der Waals surface area contributed by atoms with Gasteiger partial charge in [0.15, 0.2) is 6.04 Å². The third kappa shape index (κ3) is 2.70. The molecule has 0 spiro atoms. The van der Waals surface area contributed by atoms with E-state index in [1.54, 1.807) is 24.3 Å². The highest BCUT2D eigenvalue weighted by Gasteiger charge is 2.46. The lowest BCUT2D eigenvalue weighted by atomic mass is 9.90. The van der Waals surface area contributed by atoms with Crippen molar-refractivity contribution >= 4 is 28.7 Å². The molecule has 4 rings (SSSR count). The van der Waals surface area contributed by atoms with Gasteiger partial charge in [0.2, 0.25) is 0 Å². The highest BCUT2D eigenvalue weighted by Crippen LogP contribution is 2.38. The number of carbonyl (C=O) groups excluding carboxylic acids is 1. The van der Waals surface area contributed by atoms with Gasteiger partial charge in [-0.2, -0.15) is 0 Å². The van der Waals surface area contributed by atoms with Crippen LogP contribution >= 0.6 is 0 Å². The second kappa shape index (κ2) is 6.49. The van der Waals surface area contributed by atoms with Crippen molar-refractivity contribution in [3.63, 3.8) is 0 Å². The lowest BCUT2D eigenvalue weighted by Gasteiger charge is -2.38. The fraction of sp³-hybridized carbons (Fsp3) is 0.150. The summed E-state index contributed by atoms with van der Waals surface area (Å²) in [5.74, 6) is -4.01. The Balaban J connectivity index is 1.90. The molecule has 1 aliphatic heterocycles. The molecule has 0 saturated heterocycles. The zero-order chi connectivity index (χ0) is 20.0. The van der Waals surface area contributed by atoms with Crippen molar-refractivity contribution in [2.24, 2.45) is 0 Å². The zero-order valence-corrected chi connectivity index (χ0v) is 14.4. The molecular formula is C20H15FN2O5. The van der Waals surface area contributed by atoms with Gasteiger partial charge in [-0.05, 0) is 35.9 Å². The Labute approximate surface area is 158 Å². The Kier molecular flexibility index (Phi) is 4.11. The van der Waals surface area contributed by atoms with Crippen LogP contribution in [-0.2, 0) is 16.0 Å². The van der Waals surface area contributed by atoms with Gasteiger partial charge in [-0.1, -0.05) is 18.2 Å². The molecule has 0 saturated carbocycles. The van der Waals surface area contributed by atoms with Crippen molar-refractivity contribution in [1.29, 1.82) is 0 Å². The number of nitrogens with one attached hydrogen (secondary N) is 1. The quantitative estimate of drug-likeness (QED) is 0.645. The molecule has 0 fully saturated rings. The summed E-state index contributed by atoms with van der Waals surface area (Å²) in [5.41, 5.74) is 1.53. The number of carboxylic acids is 2. The monoisotopic (exact) mass is 382 g/mol. The fourth-order valence-electron chi connectivity index (χ4n) is 3.73. The van der Waals surface area contributed by atoms with Gasteiger partial charge in [0, 0.05) is 22.9 Å². The number of benzene rings is 2. The predicted octanol–water partition coefficient (Wildman–Crippen LogP) is 2.58. The molecule has 0 radical (unpaired) electrons. The molecule has 2 atom stereocenters. The molecule has 2 heterocycles. The number of hydrogen-bond acceptors (Lipinski definition) is 3. The number of rotatable bonds is 3. The Hall–Kier alpha value is -3.68. The van der Waals surface area contributed by atoms with Gasteiger partial charge in [-0.25, -0.2) is 14.0 Å². The first kappa shape index (κ1) is 17.7. The first-order chi connectivity index (χ1) is 13.4. The molecule has 3 aromatic rings. The van der Waals surface area contributed by atoms with Crippen LogP contribution in [0.3, 0.4) is 0 Å². The van der Waals surface area contributed by atoms with E-state index in [1.807, 2.05) is 0 Å². The molecule has 2 aromatic carbocycles. The number of halogens is 1. The van der Waals surface area contributed by atoms with E-state index in [0.717, 1.165) is 22.4 Å². The molecular weight excluding hydrogens is 367 g/mol. The first-order valence-corrected chi connectivity index (χ1v) is 8.52. The van der Waals surface area contributed by atoms with Crippen LogP contribution in [-0.4, -0.2) is 44.0 Å². The van der Waals surface area contributed by atoms with E-state index in [1.165, 1.54) is 12.1 Å². The van der Waals surface area contributed by atoms with E-state index in [9.17, 15) is 29.0 Å². The van der Waals surface area contributed by atoms with Crippen LogP contribution < -0.4 is 0 Å². The number of aliphatic carboxylic acids is 2. The molecule has 1 aromatic heterocycles. The van der Waals surface area contributed by atoms with E-state index < -0.39 is 35.7 Å². The van der Waals surface area contributed by atoms with Crippen LogP contribution in [0.15, 0.2) is 48.5 Å². The van der Waals surface area contributed by atoms with Crippen LogP contribution in [0.4, 0.5) is 4.39 Å². The minimum atomic E-state index is -1.50. The van der Waals surface area contributed by atoms with Gasteiger partial charge in [0.05, 0.1) is 5.69 Å². The number of aromatic amines is 1. The molecule has 7 nitrogen and oxygen atoms in total. The number of fused-ring (bicyclic) bond motifs is 3. The maximum absolute atomic E-state index is 13.2. The SMILES string of the molecule is O=C(O)C1Cc2c([nH]c3ccccc23)C(C(=O)O)N1C(=O)c1ccc(F)cc1. The number of hydrogen-bond donors (Lipinski definition) is 3. The third-order valence-electron chi connectivity index (χ3n) is 4.98. The number of H-pyrrole nitrogens is 1. The smallest absolute Gasteiger partial charge is 0.332 e. The van der Waals surface area contributed by atoms with Gasteiger partial charge < -0.3 is 20.1 Å². The number of carboxylic acid groups (broad SMARTS) is 2. The molecule has 142 valence electrons. The van der Waals surface area contributed by atoms with Crippen LogP contribution in [0.2, 0.25) is 0 Å². The molecule has 0 aliphatic carbocycles. The minimum absolute atomic E-state index is 0.0125. The Morgan fingerprint density at radius 2 is 1.68 bits per heavy atom. The number of para-hydroxylation sites is 1. The summed E-state index contributed by atoms with van der Waals surface area (Å²) in [7, 11) is 0. The van der Waals surface area contributed by atoms with Gasteiger partial charge >= 0.3 is 11.9 Å². The Morgan fingerprint density at radius 3 is 2.32 bits per heavy atom. The molecule has 0 bridgehead atoms. The maximum atomic E-state index is 13.2.